The Balaban J connectivity index is 0.000000172. The van der Waals surface area contributed by atoms with Crippen molar-refractivity contribution < 1.29 is 19.7 Å². The Bertz CT molecular complexity index is 3140. The van der Waals surface area contributed by atoms with Gasteiger partial charge >= 0.3 is 5.97 Å². The number of unbranched alkanes of at least 4 members (excludes halogenated alkanes) is 1. The third-order valence-electron chi connectivity index (χ3n) is 9.90. The zero-order chi connectivity index (χ0) is 49.9. The van der Waals surface area contributed by atoms with Gasteiger partial charge in [0.15, 0.2) is 0 Å². The highest BCUT2D eigenvalue weighted by Gasteiger charge is 2.13. The van der Waals surface area contributed by atoms with E-state index in [1.54, 1.807) is 24.8 Å². The van der Waals surface area contributed by atoms with Crippen molar-refractivity contribution in [2.75, 3.05) is 68.9 Å². The van der Waals surface area contributed by atoms with E-state index in [-0.39, 0.29) is 65.7 Å². The summed E-state index contributed by atoms with van der Waals surface area (Å²) in [5.74, 6) is -0.561. The number of nitrogens with two attached hydrogens (primary N) is 4. The number of rotatable bonds is 20. The summed E-state index contributed by atoms with van der Waals surface area (Å²) in [5, 5.41) is 31.4. The van der Waals surface area contributed by atoms with E-state index in [1.807, 2.05) is 0 Å². The fraction of sp³-hybridized carbons (Fsp3) is 0.390. The summed E-state index contributed by atoms with van der Waals surface area (Å²) in [6, 6.07) is 0. The van der Waals surface area contributed by atoms with Gasteiger partial charge in [-0.1, -0.05) is 20.3 Å². The number of aliphatic hydroxyl groups is 1. The molecule has 372 valence electrons. The normalized spacial score (nSPS) is 11.1. The van der Waals surface area contributed by atoms with E-state index in [0.29, 0.717) is 89.1 Å². The summed E-state index contributed by atoms with van der Waals surface area (Å²) in [4.78, 5) is 94.7. The van der Waals surface area contributed by atoms with E-state index in [4.69, 9.17) is 37.9 Å². The second-order valence-corrected chi connectivity index (χ2v) is 15.2. The topological polar surface area (TPSA) is 465 Å². The van der Waals surface area contributed by atoms with Gasteiger partial charge < -0.3 is 79.1 Å². The highest BCUT2D eigenvalue weighted by Crippen LogP contribution is 2.15. The van der Waals surface area contributed by atoms with Gasteiger partial charge in [0.25, 0.3) is 22.2 Å². The number of carboxylic acids is 1. The van der Waals surface area contributed by atoms with Gasteiger partial charge in [0.2, 0.25) is 23.8 Å². The minimum atomic E-state index is -0.957. The van der Waals surface area contributed by atoms with Gasteiger partial charge in [0.1, 0.15) is 22.6 Å². The molecular weight excluding hydrogens is 901 g/mol. The molecule has 8 rings (SSSR count). The molecule has 28 nitrogen and oxygen atoms in total. The number of fused-ring (bicyclic) bond motifs is 4. The molecule has 0 radical (unpaired) electrons. The van der Waals surface area contributed by atoms with Crippen molar-refractivity contribution in [3.8, 4) is 0 Å². The molecule has 22 N–H and O–H groups in total. The number of ether oxygens (including phenoxy) is 1. The summed E-state index contributed by atoms with van der Waals surface area (Å²) in [7, 11) is 0. The highest BCUT2D eigenvalue weighted by atomic mass is 16.5. The van der Waals surface area contributed by atoms with Crippen LogP contribution in [0.25, 0.3) is 44.1 Å². The summed E-state index contributed by atoms with van der Waals surface area (Å²) >= 11 is 0. The highest BCUT2D eigenvalue weighted by molar-refractivity contribution is 5.81. The molecule has 69 heavy (non-hydrogen) atoms. The third-order valence-corrected chi connectivity index (χ3v) is 9.90. The molecule has 8 aromatic heterocycles. The van der Waals surface area contributed by atoms with Crippen LogP contribution in [-0.2, 0) is 35.7 Å². The number of hydrogen-bond acceptors (Lipinski definition) is 19. The quantitative estimate of drug-likeness (QED) is 0.0407. The molecule has 8 aromatic rings. The van der Waals surface area contributed by atoms with E-state index in [0.717, 1.165) is 49.0 Å². The molecule has 0 bridgehead atoms. The minimum absolute atomic E-state index is 0.0188. The largest absolute Gasteiger partial charge is 0.480 e. The molecule has 0 aliphatic heterocycles. The van der Waals surface area contributed by atoms with Gasteiger partial charge in [0.05, 0.1) is 47.9 Å². The number of carbonyl (C=O) groups is 1. The molecular formula is C41H60N20O8. The molecule has 0 aliphatic rings. The Morgan fingerprint density at radius 2 is 0.884 bits per heavy atom. The van der Waals surface area contributed by atoms with Crippen molar-refractivity contribution in [3.05, 3.63) is 88.5 Å². The van der Waals surface area contributed by atoms with Crippen LogP contribution in [0.1, 0.15) is 55.4 Å². The molecule has 0 unspecified atom stereocenters. The first-order chi connectivity index (χ1) is 33.2. The first-order valence-corrected chi connectivity index (χ1v) is 21.9. The first kappa shape index (κ1) is 52.1. The van der Waals surface area contributed by atoms with E-state index in [9.17, 15) is 24.0 Å². The van der Waals surface area contributed by atoms with Gasteiger partial charge in [0, 0.05) is 57.5 Å². The summed E-state index contributed by atoms with van der Waals surface area (Å²) < 4.78 is 5.11. The number of nitrogen functional groups attached to an aromatic ring is 4. The van der Waals surface area contributed by atoms with Crippen molar-refractivity contribution in [2.45, 2.75) is 59.3 Å². The molecule has 0 saturated heterocycles. The van der Waals surface area contributed by atoms with Crippen LogP contribution in [-0.4, -0.2) is 122 Å². The monoisotopic (exact) mass is 960 g/mol. The number of hydrogen-bond donors (Lipinski definition) is 18. The maximum atomic E-state index is 11.8. The number of nitrogens with one attached hydrogen (secondary N) is 12. The van der Waals surface area contributed by atoms with Crippen LogP contribution in [0.2, 0.25) is 0 Å². The lowest BCUT2D eigenvalue weighted by atomic mass is 10.2. The van der Waals surface area contributed by atoms with Crippen LogP contribution >= 0.6 is 0 Å². The van der Waals surface area contributed by atoms with Crippen LogP contribution in [0, 0.1) is 0 Å². The number of nitrogens with zero attached hydrogens (tertiary/aromatic N) is 4. The van der Waals surface area contributed by atoms with Crippen LogP contribution in [0.5, 0.6) is 0 Å². The number of aromatic amines is 8. The number of carboxylic acid groups (broad SMARTS) is 1. The van der Waals surface area contributed by atoms with Crippen LogP contribution in [0.3, 0.4) is 0 Å². The predicted molar refractivity (Wildman–Crippen MR) is 262 cm³/mol. The number of anilines is 4. The van der Waals surface area contributed by atoms with Gasteiger partial charge in [-0.05, 0) is 48.2 Å². The average molecular weight is 961 g/mol. The van der Waals surface area contributed by atoms with E-state index in [2.05, 4.69) is 94.9 Å². The molecule has 0 atom stereocenters. The van der Waals surface area contributed by atoms with Gasteiger partial charge in [-0.25, -0.2) is 0 Å². The lowest BCUT2D eigenvalue weighted by molar-refractivity contribution is -0.136. The van der Waals surface area contributed by atoms with Gasteiger partial charge in [-0.15, -0.1) is 0 Å². The molecule has 0 amide bonds. The standard InChI is InChI=1S/C11H17N5O3.C11H17N5O.C10H15N5O.C9H11N5O3/c12-11-15-9-8(10(18)16-11)7(6-14-9)5-13-1-3-19-4-2-17;1-2-3-4-13-5-7-6-14-9-8(7)10(17)16-11(12)15-9;1-2-3-12-4-6-5-13-8-7(6)9(16)15-10(11)14-8;10-9-13-7-6(8(17)14-9)4(2-12-7)1-11-3-5(15)16/h6,13,17H,1-5H2,(H4,12,14,15,16,18);6,13H,2-5H2,1H3,(H4,12,14,15,16,17);5,12H,2-4H2,1H3,(H4,11,13,14,15,16);2,11H,1,3H2,(H,15,16)(H4,10,12,13,14,17). The van der Waals surface area contributed by atoms with Crippen molar-refractivity contribution in [1.82, 2.24) is 81.1 Å². The van der Waals surface area contributed by atoms with Crippen LogP contribution < -0.4 is 66.4 Å². The van der Waals surface area contributed by atoms with Crippen LogP contribution in [0.4, 0.5) is 23.8 Å². The molecule has 8 heterocycles. The SMILES string of the molecule is CCCCNCc1c[nH]c2nc(N)[nH]c(=O)c12.CCCNCc1c[nH]c2nc(N)[nH]c(=O)c12.Nc1nc2[nH]cc(CNCC(=O)O)c2c(=O)[nH]1.Nc1nc2[nH]cc(CNCCOCCO)c2c(=O)[nH]1. The smallest absolute Gasteiger partial charge is 0.317 e. The second kappa shape index (κ2) is 25.9. The number of aliphatic hydroxyl groups excluding tert-OH is 1. The zero-order valence-corrected chi connectivity index (χ0v) is 38.2. The van der Waals surface area contributed by atoms with E-state index in [1.165, 1.54) is 0 Å². The maximum absolute atomic E-state index is 11.8. The fourth-order valence-corrected chi connectivity index (χ4v) is 6.80. The average Bonchev–Trinajstić information content (AvgIpc) is 4.10. The summed E-state index contributed by atoms with van der Waals surface area (Å²) in [6.45, 7) is 9.53. The van der Waals surface area contributed by atoms with Crippen molar-refractivity contribution >= 4 is 73.9 Å². The van der Waals surface area contributed by atoms with Crippen molar-refractivity contribution in [2.24, 2.45) is 0 Å². The molecule has 28 heteroatoms. The number of aliphatic carboxylic acids is 1. The minimum Gasteiger partial charge on any atom is -0.480 e. The van der Waals surface area contributed by atoms with Gasteiger partial charge in [-0.2, -0.15) is 19.9 Å². The lowest BCUT2D eigenvalue weighted by Gasteiger charge is -2.04. The molecule has 0 fully saturated rings. The Morgan fingerprint density at radius 3 is 1.22 bits per heavy atom. The number of H-pyrrole nitrogens is 8. The second-order valence-electron chi connectivity index (χ2n) is 15.2. The van der Waals surface area contributed by atoms with Crippen LogP contribution in [0.15, 0.2) is 44.0 Å². The summed E-state index contributed by atoms with van der Waals surface area (Å²) in [5.41, 5.74) is 26.0. The maximum Gasteiger partial charge on any atom is 0.317 e. The predicted octanol–water partition coefficient (Wildman–Crippen LogP) is -1.00. The Kier molecular flexibility index (Phi) is 19.5. The van der Waals surface area contributed by atoms with E-state index >= 15 is 0 Å². The number of aromatic nitrogens is 12. The Labute approximate surface area is 390 Å². The van der Waals surface area contributed by atoms with Gasteiger partial charge in [-0.3, -0.25) is 43.9 Å². The molecule has 0 saturated carbocycles. The lowest BCUT2D eigenvalue weighted by Crippen LogP contribution is -2.22. The molecule has 0 aliphatic carbocycles. The Morgan fingerprint density at radius 1 is 0.536 bits per heavy atom. The fourth-order valence-electron chi connectivity index (χ4n) is 6.80. The van der Waals surface area contributed by atoms with E-state index < -0.39 is 5.97 Å². The van der Waals surface area contributed by atoms with Crippen molar-refractivity contribution in [3.63, 3.8) is 0 Å². The first-order valence-electron chi connectivity index (χ1n) is 21.9. The Hall–Kier alpha value is -7.89. The van der Waals surface area contributed by atoms with Crippen molar-refractivity contribution in [1.29, 1.82) is 0 Å². The molecule has 0 spiro atoms. The third kappa shape index (κ3) is 14.8. The summed E-state index contributed by atoms with van der Waals surface area (Å²) in [6.07, 6.45) is 10.3. The molecule has 0 aromatic carbocycles. The zero-order valence-electron chi connectivity index (χ0n) is 38.2.